The number of hydrogen-bond donors (Lipinski definition) is 1. The number of methoxy groups -OCH3 is 1. The molecule has 0 heterocycles. The Bertz CT molecular complexity index is 1840. The molecule has 49 heavy (non-hydrogen) atoms. The van der Waals surface area contributed by atoms with E-state index in [1.165, 1.54) is 19.2 Å². The fraction of sp³-hybridized carbons (Fsp3) is 0.333. The molecule has 10 heteroatoms. The number of sulfonamides is 1. The molecule has 0 aromatic heterocycles. The fourth-order valence-corrected chi connectivity index (χ4v) is 8.38. The van der Waals surface area contributed by atoms with Gasteiger partial charge in [0.2, 0.25) is 11.8 Å². The second-order valence-electron chi connectivity index (χ2n) is 12.6. The van der Waals surface area contributed by atoms with Crippen molar-refractivity contribution in [1.82, 2.24) is 10.2 Å². The smallest absolute Gasteiger partial charge is 0.264 e. The summed E-state index contributed by atoms with van der Waals surface area (Å²) in [6.07, 6.45) is 5.31. The van der Waals surface area contributed by atoms with Crippen LogP contribution in [0.2, 0.25) is 0 Å². The molecule has 8 nitrogen and oxygen atoms in total. The maximum Gasteiger partial charge on any atom is 0.264 e. The molecule has 4 aromatic carbocycles. The van der Waals surface area contributed by atoms with Crippen LogP contribution in [0.15, 0.2) is 106 Å². The molecule has 1 N–H and O–H groups in total. The number of rotatable bonds is 13. The van der Waals surface area contributed by atoms with Crippen LogP contribution in [0.5, 0.6) is 5.75 Å². The first-order valence-electron chi connectivity index (χ1n) is 16.7. The molecule has 1 aliphatic carbocycles. The maximum atomic E-state index is 14.8. The molecule has 0 radical (unpaired) electrons. The summed E-state index contributed by atoms with van der Waals surface area (Å²) in [5, 5.41) is 3.26. The maximum absolute atomic E-state index is 14.8. The average Bonchev–Trinajstić information content (AvgIpc) is 3.10. The minimum absolute atomic E-state index is 0.00474. The van der Waals surface area contributed by atoms with Crippen LogP contribution in [0.25, 0.3) is 0 Å². The summed E-state index contributed by atoms with van der Waals surface area (Å²) in [7, 11) is -2.75. The van der Waals surface area contributed by atoms with E-state index < -0.39 is 28.5 Å². The third kappa shape index (κ3) is 9.10. The normalized spacial score (nSPS) is 14.1. The molecule has 258 valence electrons. The van der Waals surface area contributed by atoms with Crippen molar-refractivity contribution in [1.29, 1.82) is 0 Å². The standard InChI is InChI=1S/C39H44BrN3O5S/c1-28-18-20-33(21-19-28)43(49(46,47)34-22-23-37(48-3)35(40)25-34)27-38(44)42(26-31-15-11-10-12-29(31)2)36(24-30-13-6-4-7-14-30)39(45)41-32-16-8-5-9-17-32/h4,6-7,10-15,18-23,25,32,36H,5,8-9,16-17,24,26-27H2,1-3H3,(H,41,45). The highest BCUT2D eigenvalue weighted by molar-refractivity contribution is 9.10. The Morgan fingerprint density at radius 2 is 1.57 bits per heavy atom. The summed E-state index contributed by atoms with van der Waals surface area (Å²) in [5.41, 5.74) is 4.04. The van der Waals surface area contributed by atoms with Crippen molar-refractivity contribution >= 4 is 43.5 Å². The summed E-state index contributed by atoms with van der Waals surface area (Å²) < 4.78 is 35.8. The van der Waals surface area contributed by atoms with Crippen molar-refractivity contribution in [3.05, 3.63) is 124 Å². The van der Waals surface area contributed by atoms with Crippen molar-refractivity contribution in [2.24, 2.45) is 0 Å². The topological polar surface area (TPSA) is 96.0 Å². The van der Waals surface area contributed by atoms with Gasteiger partial charge in [0.05, 0.1) is 22.2 Å². The first-order chi connectivity index (χ1) is 23.6. The summed E-state index contributed by atoms with van der Waals surface area (Å²) >= 11 is 3.41. The zero-order chi connectivity index (χ0) is 35.0. The number of ether oxygens (including phenoxy) is 1. The van der Waals surface area contributed by atoms with E-state index in [0.717, 1.165) is 58.7 Å². The van der Waals surface area contributed by atoms with Gasteiger partial charge in [0.25, 0.3) is 10.0 Å². The van der Waals surface area contributed by atoms with Crippen molar-refractivity contribution < 1.29 is 22.7 Å². The molecule has 2 amide bonds. The van der Waals surface area contributed by atoms with E-state index in [2.05, 4.69) is 21.2 Å². The highest BCUT2D eigenvalue weighted by Gasteiger charge is 2.35. The molecule has 0 spiro atoms. The Hall–Kier alpha value is -4.15. The van der Waals surface area contributed by atoms with Gasteiger partial charge in [-0.25, -0.2) is 8.42 Å². The van der Waals surface area contributed by atoms with Crippen LogP contribution < -0.4 is 14.4 Å². The largest absolute Gasteiger partial charge is 0.496 e. The van der Waals surface area contributed by atoms with Gasteiger partial charge in [-0.2, -0.15) is 0 Å². The van der Waals surface area contributed by atoms with E-state index in [4.69, 9.17) is 4.74 Å². The molecule has 0 bridgehead atoms. The van der Waals surface area contributed by atoms with Crippen molar-refractivity contribution in [2.75, 3.05) is 18.0 Å². The molecule has 1 saturated carbocycles. The number of hydrogen-bond acceptors (Lipinski definition) is 5. The van der Waals surface area contributed by atoms with Gasteiger partial charge in [-0.05, 0) is 89.6 Å². The predicted molar refractivity (Wildman–Crippen MR) is 197 cm³/mol. The lowest BCUT2D eigenvalue weighted by Crippen LogP contribution is -2.55. The fourth-order valence-electron chi connectivity index (χ4n) is 6.24. The predicted octanol–water partition coefficient (Wildman–Crippen LogP) is 7.36. The molecular formula is C39H44BrN3O5S. The second-order valence-corrected chi connectivity index (χ2v) is 15.4. The van der Waals surface area contributed by atoms with Gasteiger partial charge in [-0.1, -0.05) is 91.6 Å². The van der Waals surface area contributed by atoms with E-state index in [-0.39, 0.29) is 29.8 Å². The van der Waals surface area contributed by atoms with Gasteiger partial charge in [-0.15, -0.1) is 0 Å². The van der Waals surface area contributed by atoms with Gasteiger partial charge in [-0.3, -0.25) is 13.9 Å². The van der Waals surface area contributed by atoms with Crippen LogP contribution in [0, 0.1) is 13.8 Å². The quantitative estimate of drug-likeness (QED) is 0.154. The lowest BCUT2D eigenvalue weighted by Gasteiger charge is -2.35. The number of nitrogens with one attached hydrogen (secondary N) is 1. The molecule has 5 rings (SSSR count). The Labute approximate surface area is 298 Å². The molecule has 1 unspecified atom stereocenters. The van der Waals surface area contributed by atoms with Gasteiger partial charge >= 0.3 is 0 Å². The Morgan fingerprint density at radius 3 is 2.22 bits per heavy atom. The first kappa shape index (κ1) is 36.1. The lowest BCUT2D eigenvalue weighted by molar-refractivity contribution is -0.140. The molecule has 1 fully saturated rings. The van der Waals surface area contributed by atoms with Gasteiger partial charge in [0, 0.05) is 19.0 Å². The molecule has 1 aliphatic rings. The number of carbonyl (C=O) groups excluding carboxylic acids is 2. The lowest BCUT2D eigenvalue weighted by atomic mass is 9.94. The van der Waals surface area contributed by atoms with Crippen LogP contribution >= 0.6 is 15.9 Å². The number of halogens is 1. The number of carbonyl (C=O) groups is 2. The minimum atomic E-state index is -4.25. The minimum Gasteiger partial charge on any atom is -0.496 e. The highest BCUT2D eigenvalue weighted by Crippen LogP contribution is 2.31. The van der Waals surface area contributed by atoms with Gasteiger partial charge < -0.3 is 15.0 Å². The summed E-state index contributed by atoms with van der Waals surface area (Å²) in [6.45, 7) is 3.51. The monoisotopic (exact) mass is 745 g/mol. The zero-order valence-corrected chi connectivity index (χ0v) is 30.7. The number of benzene rings is 4. The number of anilines is 1. The van der Waals surface area contributed by atoms with Gasteiger partial charge in [0.1, 0.15) is 18.3 Å². The van der Waals surface area contributed by atoms with Crippen LogP contribution in [-0.2, 0) is 32.6 Å². The van der Waals surface area contributed by atoms with Gasteiger partial charge in [0.15, 0.2) is 0 Å². The number of aryl methyl sites for hydroxylation is 2. The molecule has 0 saturated heterocycles. The molecule has 4 aromatic rings. The number of nitrogens with zero attached hydrogens (tertiary/aromatic N) is 2. The van der Waals surface area contributed by atoms with Crippen LogP contribution in [-0.4, -0.2) is 50.9 Å². The van der Waals surface area contributed by atoms with E-state index in [0.29, 0.717) is 15.9 Å². The van der Waals surface area contributed by atoms with E-state index in [9.17, 15) is 18.0 Å². The molecular weight excluding hydrogens is 702 g/mol. The number of amides is 2. The SMILES string of the molecule is COc1ccc(S(=O)(=O)N(CC(=O)N(Cc2ccccc2C)C(Cc2ccccc2)C(=O)NC2CCCCC2)c2ccc(C)cc2)cc1Br. The van der Waals surface area contributed by atoms with E-state index in [1.807, 2.05) is 80.6 Å². The van der Waals surface area contributed by atoms with Crippen molar-refractivity contribution in [3.8, 4) is 5.75 Å². The summed E-state index contributed by atoms with van der Waals surface area (Å²) in [6, 6.07) is 28.1. The summed E-state index contributed by atoms with van der Waals surface area (Å²) in [5.74, 6) is -0.240. The van der Waals surface area contributed by atoms with Crippen LogP contribution in [0.1, 0.15) is 54.4 Å². The Kier molecular flexibility index (Phi) is 12.2. The summed E-state index contributed by atoms with van der Waals surface area (Å²) in [4.78, 5) is 30.6. The second kappa shape index (κ2) is 16.5. The van der Waals surface area contributed by atoms with E-state index in [1.54, 1.807) is 23.1 Å². The average molecular weight is 747 g/mol. The van der Waals surface area contributed by atoms with Crippen molar-refractivity contribution in [2.45, 2.75) is 75.9 Å². The third-order valence-corrected chi connectivity index (χ3v) is 11.5. The van der Waals surface area contributed by atoms with Crippen molar-refractivity contribution in [3.63, 3.8) is 0 Å². The third-order valence-electron chi connectivity index (χ3n) is 9.14. The highest BCUT2D eigenvalue weighted by atomic mass is 79.9. The van der Waals surface area contributed by atoms with Crippen LogP contribution in [0.3, 0.4) is 0 Å². The van der Waals surface area contributed by atoms with Crippen LogP contribution in [0.4, 0.5) is 5.69 Å². The molecule has 1 atom stereocenters. The molecule has 0 aliphatic heterocycles. The Balaban J connectivity index is 1.58. The Morgan fingerprint density at radius 1 is 0.898 bits per heavy atom. The zero-order valence-electron chi connectivity index (χ0n) is 28.3. The van der Waals surface area contributed by atoms with E-state index >= 15 is 0 Å². The first-order valence-corrected chi connectivity index (χ1v) is 18.9.